The maximum absolute atomic E-state index is 14.9. The number of furan rings is 1. The number of nitrogens with one attached hydrogen (secondary N) is 1. The molecule has 294 valence electrons. The Balaban J connectivity index is 1.26. The van der Waals surface area contributed by atoms with E-state index >= 15 is 0 Å². The molecule has 15 heteroatoms. The van der Waals surface area contributed by atoms with Gasteiger partial charge in [-0.3, -0.25) is 19.9 Å². The number of ether oxygens (including phenoxy) is 5. The van der Waals surface area contributed by atoms with E-state index < -0.39 is 52.6 Å². The molecular formula is C41H43N3O11S. The third-order valence-corrected chi connectivity index (χ3v) is 14.1. The number of carbonyl (C=O) groups excluding carboxylic acids is 2. The minimum atomic E-state index is -1.53. The van der Waals surface area contributed by atoms with E-state index in [1.807, 2.05) is 56.1 Å². The van der Waals surface area contributed by atoms with Crippen LogP contribution >= 0.6 is 11.8 Å². The highest BCUT2D eigenvalue weighted by atomic mass is 32.2. The van der Waals surface area contributed by atoms with Gasteiger partial charge in [0.25, 0.3) is 0 Å². The summed E-state index contributed by atoms with van der Waals surface area (Å²) in [5.41, 5.74) is 2.36. The molecule has 4 aromatic rings. The van der Waals surface area contributed by atoms with Gasteiger partial charge < -0.3 is 43.4 Å². The van der Waals surface area contributed by atoms with Crippen molar-refractivity contribution in [3.63, 3.8) is 0 Å². The molecule has 0 saturated carbocycles. The minimum absolute atomic E-state index is 0.000248. The predicted octanol–water partition coefficient (Wildman–Crippen LogP) is 3.81. The van der Waals surface area contributed by atoms with Crippen LogP contribution in [0.15, 0.2) is 34.7 Å². The molecule has 3 aromatic carbocycles. The third kappa shape index (κ3) is 4.75. The van der Waals surface area contributed by atoms with Gasteiger partial charge in [-0.15, -0.1) is 11.8 Å². The second-order valence-electron chi connectivity index (χ2n) is 15.9. The van der Waals surface area contributed by atoms with E-state index in [2.05, 4.69) is 10.2 Å². The van der Waals surface area contributed by atoms with Crippen LogP contribution in [0.2, 0.25) is 0 Å². The molecule has 2 fully saturated rings. The van der Waals surface area contributed by atoms with E-state index in [0.717, 1.165) is 22.1 Å². The molecule has 8 aliphatic heterocycles. The van der Waals surface area contributed by atoms with Crippen LogP contribution in [0.5, 0.6) is 28.7 Å². The van der Waals surface area contributed by atoms with Crippen LogP contribution in [0.25, 0.3) is 11.0 Å². The standard InChI is InChI=1S/C41H43N3O11S/c1-18-10-21-12-40(49)15-43(4)30(27(21)32(47)33(18)50-5)31-37-29-28(36-35(52-17-53-36)19(2)34(29)54-20(3)46)25(44(31)40)14-51-39(48)41(16-56-37)38-24(11-22(13-45)42-41)23-8-6-7-9-26(23)55-38/h6-10,22,25,30-31,37,42,45,47,49H,11-17H2,1-5H3/t22-,25?,30?,31+,37+,40?,41+/m0/s1. The van der Waals surface area contributed by atoms with Gasteiger partial charge in [0.15, 0.2) is 28.5 Å². The molecule has 8 atom stereocenters. The number of aromatic hydroxyl groups is 1. The largest absolute Gasteiger partial charge is 0.504 e. The Morgan fingerprint density at radius 1 is 1.11 bits per heavy atom. The Morgan fingerprint density at radius 3 is 2.66 bits per heavy atom. The van der Waals surface area contributed by atoms with Crippen molar-refractivity contribution in [3.05, 3.63) is 75.0 Å². The zero-order chi connectivity index (χ0) is 39.0. The van der Waals surface area contributed by atoms with Crippen LogP contribution in [0.3, 0.4) is 0 Å². The van der Waals surface area contributed by atoms with E-state index in [1.54, 1.807) is 0 Å². The van der Waals surface area contributed by atoms with Gasteiger partial charge in [-0.25, -0.2) is 4.79 Å². The van der Waals surface area contributed by atoms with Crippen LogP contribution in [0.4, 0.5) is 0 Å². The molecule has 1 spiro atoms. The Kier molecular flexibility index (Phi) is 8.00. The van der Waals surface area contributed by atoms with Crippen LogP contribution < -0.4 is 24.3 Å². The van der Waals surface area contributed by atoms with Crippen LogP contribution in [-0.2, 0) is 32.7 Å². The number of hydrogen-bond donors (Lipinski definition) is 4. The smallest absolute Gasteiger partial charge is 0.335 e. The zero-order valence-electron chi connectivity index (χ0n) is 31.6. The molecular weight excluding hydrogens is 743 g/mol. The van der Waals surface area contributed by atoms with E-state index in [1.165, 1.54) is 25.8 Å². The molecule has 0 radical (unpaired) electrons. The van der Waals surface area contributed by atoms with Crippen molar-refractivity contribution in [2.45, 2.75) is 74.3 Å². The Morgan fingerprint density at radius 2 is 1.89 bits per heavy atom. The number of aryl methyl sites for hydroxylation is 1. The lowest BCUT2D eigenvalue weighted by atomic mass is 9.78. The summed E-state index contributed by atoms with van der Waals surface area (Å²) >= 11 is 1.44. The molecule has 9 heterocycles. The second-order valence-corrected chi connectivity index (χ2v) is 17.0. The van der Waals surface area contributed by atoms with Gasteiger partial charge in [-0.2, -0.15) is 0 Å². The number of carbonyl (C=O) groups is 2. The first kappa shape index (κ1) is 35.9. The van der Waals surface area contributed by atoms with Gasteiger partial charge >= 0.3 is 11.9 Å². The normalized spacial score (nSPS) is 31.3. The van der Waals surface area contributed by atoms with Crippen LogP contribution in [-0.4, -0.2) is 101 Å². The van der Waals surface area contributed by atoms with Crippen molar-refractivity contribution in [2.24, 2.45) is 0 Å². The first-order valence-corrected chi connectivity index (χ1v) is 19.9. The van der Waals surface area contributed by atoms with Crippen molar-refractivity contribution < 1.29 is 53.0 Å². The first-order chi connectivity index (χ1) is 26.9. The lowest BCUT2D eigenvalue weighted by Crippen LogP contribution is -2.70. The zero-order valence-corrected chi connectivity index (χ0v) is 32.5. The topological polar surface area (TPSA) is 173 Å². The molecule has 14 nitrogen and oxygen atoms in total. The van der Waals surface area contributed by atoms with E-state index in [4.69, 9.17) is 28.1 Å². The number of aliphatic hydroxyl groups excluding tert-OH is 1. The van der Waals surface area contributed by atoms with Gasteiger partial charge in [-0.1, -0.05) is 24.3 Å². The van der Waals surface area contributed by atoms with Gasteiger partial charge in [0.05, 0.1) is 31.1 Å². The summed E-state index contributed by atoms with van der Waals surface area (Å²) in [4.78, 5) is 32.0. The molecule has 1 aromatic heterocycles. The number of aliphatic hydroxyl groups is 2. The molecule has 2 saturated heterocycles. The number of methoxy groups -OCH3 is 1. The van der Waals surface area contributed by atoms with Crippen LogP contribution in [0.1, 0.15) is 69.0 Å². The maximum atomic E-state index is 14.9. The Labute approximate surface area is 326 Å². The highest BCUT2D eigenvalue weighted by Crippen LogP contribution is 2.65. The molecule has 4 N–H and O–H groups in total. The average molecular weight is 786 g/mol. The summed E-state index contributed by atoms with van der Waals surface area (Å²) in [6, 6.07) is 7.13. The number of likely N-dealkylation sites (N-methyl/N-ethyl adjacent to an activating group) is 1. The third-order valence-electron chi connectivity index (χ3n) is 12.6. The number of fused-ring (bicyclic) bond motifs is 8. The summed E-state index contributed by atoms with van der Waals surface area (Å²) in [6.07, 6.45) is 0.591. The number of piperazine rings is 1. The van der Waals surface area contributed by atoms with E-state index in [9.17, 15) is 24.9 Å². The monoisotopic (exact) mass is 785 g/mol. The quantitative estimate of drug-likeness (QED) is 0.174. The average Bonchev–Trinajstić information content (AvgIpc) is 3.76. The number of phenols is 1. The summed E-state index contributed by atoms with van der Waals surface area (Å²) in [6.45, 7) is 4.70. The van der Waals surface area contributed by atoms with E-state index in [0.29, 0.717) is 63.0 Å². The van der Waals surface area contributed by atoms with Crippen molar-refractivity contribution in [3.8, 4) is 28.7 Å². The van der Waals surface area contributed by atoms with Gasteiger partial charge in [-0.05, 0) is 44.5 Å². The van der Waals surface area contributed by atoms with Gasteiger partial charge in [0.2, 0.25) is 6.79 Å². The summed E-state index contributed by atoms with van der Waals surface area (Å²) in [7, 11) is 3.46. The Bertz CT molecular complexity index is 2360. The number of nitrogens with zero attached hydrogens (tertiary/aromatic N) is 2. The molecule has 56 heavy (non-hydrogen) atoms. The van der Waals surface area contributed by atoms with Gasteiger partial charge in [0.1, 0.15) is 29.4 Å². The number of rotatable bonds is 3. The molecule has 12 rings (SSSR count). The predicted molar refractivity (Wildman–Crippen MR) is 202 cm³/mol. The fraction of sp³-hybridized carbons (Fsp3) is 0.463. The molecule has 0 aliphatic carbocycles. The van der Waals surface area contributed by atoms with Gasteiger partial charge in [0, 0.05) is 70.9 Å². The molecule has 8 aliphatic rings. The Hall–Kier alpha value is -4.51. The summed E-state index contributed by atoms with van der Waals surface area (Å²) in [5.74, 6) is 0.911. The van der Waals surface area contributed by atoms with Crippen molar-refractivity contribution >= 4 is 34.7 Å². The SMILES string of the molecule is COc1c(C)cc2c(c1O)C1[C@@H]3[C@@H]4SC[C@]5(N[C@H](CO)Cc6c5oc5ccccc65)C(=O)OCC(c5c6c(c(C)c(OC(C)=O)c54)OCO6)N3C(O)(C2)CN1C. The highest BCUT2D eigenvalue weighted by Gasteiger charge is 2.64. The first-order valence-electron chi connectivity index (χ1n) is 18.8. The molecule has 4 unspecified atom stereocenters. The molecule has 4 bridgehead atoms. The number of thioether (sulfide) groups is 1. The number of phenolic OH excluding ortho intramolecular Hbond substituents is 1. The maximum Gasteiger partial charge on any atom is 0.335 e. The van der Waals surface area contributed by atoms with Crippen LogP contribution in [0, 0.1) is 13.8 Å². The lowest BCUT2D eigenvalue weighted by Gasteiger charge is -2.60. The van der Waals surface area contributed by atoms with Crippen molar-refractivity contribution in [1.82, 2.24) is 15.1 Å². The molecule has 0 amide bonds. The number of para-hydroxylation sites is 1. The number of esters is 2. The lowest BCUT2D eigenvalue weighted by molar-refractivity contribution is -0.215. The van der Waals surface area contributed by atoms with Crippen molar-refractivity contribution in [2.75, 3.05) is 46.5 Å². The number of benzene rings is 3. The van der Waals surface area contributed by atoms with Crippen molar-refractivity contribution in [1.29, 1.82) is 0 Å². The fourth-order valence-electron chi connectivity index (χ4n) is 10.7. The summed E-state index contributed by atoms with van der Waals surface area (Å²) in [5, 5.41) is 39.6. The van der Waals surface area contributed by atoms with E-state index in [-0.39, 0.29) is 44.5 Å². The summed E-state index contributed by atoms with van der Waals surface area (Å²) < 4.78 is 37.2. The second kappa shape index (κ2) is 12.5. The minimum Gasteiger partial charge on any atom is -0.504 e. The fourth-order valence-corrected chi connectivity index (χ4v) is 12.3. The number of hydrogen-bond acceptors (Lipinski definition) is 15. The highest BCUT2D eigenvalue weighted by molar-refractivity contribution is 7.99.